The molecule has 0 unspecified atom stereocenters. The Morgan fingerprint density at radius 1 is 1.47 bits per heavy atom. The zero-order valence-electron chi connectivity index (χ0n) is 8.33. The molecular formula is C8H16N2O5. The van der Waals surface area contributed by atoms with Gasteiger partial charge in [0.05, 0.1) is 12.6 Å². The Kier molecular flexibility index (Phi) is 4.00. The third-order valence-electron chi connectivity index (χ3n) is 2.33. The molecule has 7 nitrogen and oxygen atoms in total. The number of aliphatic hydroxyl groups is 3. The van der Waals surface area contributed by atoms with E-state index in [9.17, 15) is 15.0 Å². The van der Waals surface area contributed by atoms with Crippen molar-refractivity contribution in [2.24, 2.45) is 5.73 Å². The van der Waals surface area contributed by atoms with E-state index in [-0.39, 0.29) is 5.91 Å². The predicted octanol–water partition coefficient (Wildman–Crippen LogP) is -3.11. The van der Waals surface area contributed by atoms with E-state index in [1.807, 2.05) is 0 Å². The van der Waals surface area contributed by atoms with Crippen molar-refractivity contribution in [3.05, 3.63) is 0 Å². The molecule has 15 heavy (non-hydrogen) atoms. The summed E-state index contributed by atoms with van der Waals surface area (Å²) >= 11 is 0. The molecule has 0 saturated carbocycles. The minimum Gasteiger partial charge on any atom is -0.394 e. The van der Waals surface area contributed by atoms with Gasteiger partial charge in [-0.2, -0.15) is 0 Å². The van der Waals surface area contributed by atoms with Crippen LogP contribution in [-0.4, -0.2) is 58.4 Å². The smallest absolute Gasteiger partial charge is 0.217 e. The summed E-state index contributed by atoms with van der Waals surface area (Å²) < 4.78 is 5.03. The normalized spacial score (nSPS) is 41.3. The molecule has 88 valence electrons. The largest absolute Gasteiger partial charge is 0.394 e. The summed E-state index contributed by atoms with van der Waals surface area (Å²) in [5.74, 6) is -0.382. The lowest BCUT2D eigenvalue weighted by molar-refractivity contribution is -0.193. The average Bonchev–Trinajstić information content (AvgIpc) is 2.18. The first-order valence-corrected chi connectivity index (χ1v) is 4.62. The molecule has 1 aliphatic rings. The molecule has 5 atom stereocenters. The van der Waals surface area contributed by atoms with Crippen LogP contribution in [-0.2, 0) is 9.53 Å². The highest BCUT2D eigenvalue weighted by Crippen LogP contribution is 2.18. The molecule has 1 aliphatic heterocycles. The first-order valence-electron chi connectivity index (χ1n) is 4.62. The maximum absolute atomic E-state index is 10.8. The Hall–Kier alpha value is -0.730. The third kappa shape index (κ3) is 2.64. The molecule has 6 N–H and O–H groups in total. The Labute approximate surface area is 86.8 Å². The van der Waals surface area contributed by atoms with E-state index < -0.39 is 37.2 Å². The van der Waals surface area contributed by atoms with Crippen LogP contribution in [0.25, 0.3) is 0 Å². The Bertz CT molecular complexity index is 237. The molecule has 0 bridgehead atoms. The van der Waals surface area contributed by atoms with Gasteiger partial charge < -0.3 is 31.1 Å². The zero-order chi connectivity index (χ0) is 11.6. The van der Waals surface area contributed by atoms with Gasteiger partial charge in [-0.1, -0.05) is 0 Å². The average molecular weight is 220 g/mol. The predicted molar refractivity (Wildman–Crippen MR) is 49.6 cm³/mol. The second kappa shape index (κ2) is 4.86. The molecule has 0 spiro atoms. The summed E-state index contributed by atoms with van der Waals surface area (Å²) in [6.45, 7) is 0.822. The summed E-state index contributed by atoms with van der Waals surface area (Å²) in [4.78, 5) is 10.8. The minimum atomic E-state index is -1.27. The summed E-state index contributed by atoms with van der Waals surface area (Å²) in [6, 6.07) is -0.875. The van der Waals surface area contributed by atoms with Gasteiger partial charge in [-0.25, -0.2) is 0 Å². The number of hydrogen-bond acceptors (Lipinski definition) is 6. The number of carbonyl (C=O) groups excluding carboxylic acids is 1. The van der Waals surface area contributed by atoms with Crippen molar-refractivity contribution >= 4 is 5.91 Å². The number of ether oxygens (including phenoxy) is 1. The molecule has 0 radical (unpaired) electrons. The van der Waals surface area contributed by atoms with Gasteiger partial charge in [0.25, 0.3) is 0 Å². The number of nitrogens with two attached hydrogens (primary N) is 1. The first-order chi connectivity index (χ1) is 6.97. The standard InChI is InChI=1S/C8H16N2O5/c1-3(12)10-5-7(14)6(13)4(2-11)15-8(5)9/h4-8,11,13-14H,2,9H2,1H3,(H,10,12)/t4-,5-,6-,7+,8+/m1/s1. The number of hydrogen-bond donors (Lipinski definition) is 5. The fraction of sp³-hybridized carbons (Fsp3) is 0.875. The van der Waals surface area contributed by atoms with Crippen molar-refractivity contribution in [1.29, 1.82) is 0 Å². The van der Waals surface area contributed by atoms with Gasteiger partial charge in [-0.15, -0.1) is 0 Å². The summed E-state index contributed by atoms with van der Waals surface area (Å²) in [7, 11) is 0. The number of nitrogens with one attached hydrogen (secondary N) is 1. The Balaban J connectivity index is 2.70. The van der Waals surface area contributed by atoms with Gasteiger partial charge in [-0.3, -0.25) is 4.79 Å². The van der Waals surface area contributed by atoms with Crippen LogP contribution in [0.5, 0.6) is 0 Å². The van der Waals surface area contributed by atoms with Gasteiger partial charge in [0.1, 0.15) is 24.5 Å². The molecule has 1 rings (SSSR count). The van der Waals surface area contributed by atoms with Crippen molar-refractivity contribution in [1.82, 2.24) is 5.32 Å². The summed E-state index contributed by atoms with van der Waals surface area (Å²) in [5, 5.41) is 30.3. The van der Waals surface area contributed by atoms with E-state index in [1.54, 1.807) is 0 Å². The van der Waals surface area contributed by atoms with Gasteiger partial charge in [-0.05, 0) is 0 Å². The minimum absolute atomic E-state index is 0.382. The van der Waals surface area contributed by atoms with Crippen molar-refractivity contribution in [2.45, 2.75) is 37.5 Å². The molecule has 1 amide bonds. The quantitative estimate of drug-likeness (QED) is 0.335. The van der Waals surface area contributed by atoms with Crippen molar-refractivity contribution in [3.63, 3.8) is 0 Å². The van der Waals surface area contributed by atoms with Gasteiger partial charge in [0, 0.05) is 6.92 Å². The van der Waals surface area contributed by atoms with E-state index >= 15 is 0 Å². The summed E-state index contributed by atoms with van der Waals surface area (Å²) in [6.07, 6.45) is -4.41. The van der Waals surface area contributed by atoms with Crippen molar-refractivity contribution < 1.29 is 24.9 Å². The van der Waals surface area contributed by atoms with Crippen LogP contribution in [0.3, 0.4) is 0 Å². The highest BCUT2D eigenvalue weighted by molar-refractivity contribution is 5.73. The zero-order valence-corrected chi connectivity index (χ0v) is 8.33. The second-order valence-corrected chi connectivity index (χ2v) is 3.53. The Morgan fingerprint density at radius 3 is 2.53 bits per heavy atom. The molecule has 1 heterocycles. The lowest BCUT2D eigenvalue weighted by Crippen LogP contribution is -2.66. The number of carbonyl (C=O) groups is 1. The van der Waals surface area contributed by atoms with Crippen LogP contribution in [0.1, 0.15) is 6.92 Å². The van der Waals surface area contributed by atoms with Gasteiger partial charge >= 0.3 is 0 Å². The molecule has 0 aromatic carbocycles. The van der Waals surface area contributed by atoms with Gasteiger partial charge in [0.15, 0.2) is 0 Å². The molecule has 0 aromatic rings. The van der Waals surface area contributed by atoms with Crippen molar-refractivity contribution in [2.75, 3.05) is 6.61 Å². The summed E-state index contributed by atoms with van der Waals surface area (Å²) in [5.41, 5.74) is 5.53. The van der Waals surface area contributed by atoms with E-state index in [4.69, 9.17) is 15.6 Å². The van der Waals surface area contributed by atoms with Crippen LogP contribution in [0.4, 0.5) is 0 Å². The van der Waals surface area contributed by atoms with Gasteiger partial charge in [0.2, 0.25) is 5.91 Å². The molecule has 0 aliphatic carbocycles. The fourth-order valence-corrected chi connectivity index (χ4v) is 1.55. The van der Waals surface area contributed by atoms with E-state index in [2.05, 4.69) is 5.32 Å². The lowest BCUT2D eigenvalue weighted by Gasteiger charge is -2.40. The number of rotatable bonds is 2. The van der Waals surface area contributed by atoms with Crippen LogP contribution >= 0.6 is 0 Å². The maximum Gasteiger partial charge on any atom is 0.217 e. The molecular weight excluding hydrogens is 204 g/mol. The van der Waals surface area contributed by atoms with Crippen molar-refractivity contribution in [3.8, 4) is 0 Å². The van der Waals surface area contributed by atoms with Crippen LogP contribution < -0.4 is 11.1 Å². The van der Waals surface area contributed by atoms with Crippen LogP contribution in [0.2, 0.25) is 0 Å². The molecule has 1 fully saturated rings. The topological polar surface area (TPSA) is 125 Å². The fourth-order valence-electron chi connectivity index (χ4n) is 1.55. The first kappa shape index (κ1) is 12.3. The van der Waals surface area contributed by atoms with E-state index in [0.717, 1.165) is 0 Å². The second-order valence-electron chi connectivity index (χ2n) is 3.53. The highest BCUT2D eigenvalue weighted by atomic mass is 16.5. The number of aliphatic hydroxyl groups excluding tert-OH is 3. The SMILES string of the molecule is CC(=O)N[C@@H]1[C@H](O)[C@H](O)[C@@H](CO)O[C@@H]1N. The van der Waals surface area contributed by atoms with E-state index in [1.165, 1.54) is 6.92 Å². The number of amides is 1. The molecule has 1 saturated heterocycles. The molecule has 7 heteroatoms. The van der Waals surface area contributed by atoms with Crippen LogP contribution in [0, 0.1) is 0 Å². The molecule has 0 aromatic heterocycles. The highest BCUT2D eigenvalue weighted by Gasteiger charge is 2.42. The maximum atomic E-state index is 10.8. The third-order valence-corrected chi connectivity index (χ3v) is 2.33. The van der Waals surface area contributed by atoms with Crippen LogP contribution in [0.15, 0.2) is 0 Å². The Morgan fingerprint density at radius 2 is 2.07 bits per heavy atom. The van der Waals surface area contributed by atoms with E-state index in [0.29, 0.717) is 0 Å². The lowest BCUT2D eigenvalue weighted by atomic mass is 9.96. The monoisotopic (exact) mass is 220 g/mol.